The average Bonchev–Trinajstić information content (AvgIpc) is 2.44. The monoisotopic (exact) mass is 290 g/mol. The van der Waals surface area contributed by atoms with Crippen molar-refractivity contribution in [1.29, 1.82) is 0 Å². The minimum absolute atomic E-state index is 0.0545. The van der Waals surface area contributed by atoms with Gasteiger partial charge in [-0.15, -0.1) is 0 Å². The predicted molar refractivity (Wildman–Crippen MR) is 73.4 cm³/mol. The zero-order valence-corrected chi connectivity index (χ0v) is 12.5. The van der Waals surface area contributed by atoms with Gasteiger partial charge in [0.05, 0.1) is 26.1 Å². The van der Waals surface area contributed by atoms with E-state index in [4.69, 9.17) is 18.9 Å². The van der Waals surface area contributed by atoms with Crippen molar-refractivity contribution in [3.63, 3.8) is 0 Å². The summed E-state index contributed by atoms with van der Waals surface area (Å²) in [5, 5.41) is 0. The van der Waals surface area contributed by atoms with E-state index in [0.29, 0.717) is 52.5 Å². The lowest BCUT2D eigenvalue weighted by Gasteiger charge is -2.06. The fourth-order valence-corrected chi connectivity index (χ4v) is 1.33. The van der Waals surface area contributed by atoms with Crippen LogP contribution in [0.1, 0.15) is 39.5 Å². The van der Waals surface area contributed by atoms with Crippen LogP contribution in [-0.2, 0) is 28.5 Å². The Hall–Kier alpha value is -1.14. The summed E-state index contributed by atoms with van der Waals surface area (Å²) in [5.41, 5.74) is 0. The van der Waals surface area contributed by atoms with E-state index in [2.05, 4.69) is 0 Å². The van der Waals surface area contributed by atoms with Gasteiger partial charge in [-0.25, -0.2) is 0 Å². The molecular weight excluding hydrogens is 264 g/mol. The SMILES string of the molecule is CCOCCCOC(=O)CCC(=O)OCCCOCC. The third-order valence-electron chi connectivity index (χ3n) is 2.33. The Morgan fingerprint density at radius 2 is 1.10 bits per heavy atom. The van der Waals surface area contributed by atoms with E-state index >= 15 is 0 Å². The van der Waals surface area contributed by atoms with Crippen molar-refractivity contribution in [2.24, 2.45) is 0 Å². The highest BCUT2D eigenvalue weighted by Gasteiger charge is 2.08. The van der Waals surface area contributed by atoms with Crippen LogP contribution in [0.15, 0.2) is 0 Å². The molecule has 0 saturated heterocycles. The van der Waals surface area contributed by atoms with Crippen molar-refractivity contribution in [2.45, 2.75) is 39.5 Å². The van der Waals surface area contributed by atoms with Gasteiger partial charge in [-0.1, -0.05) is 0 Å². The largest absolute Gasteiger partial charge is 0.466 e. The van der Waals surface area contributed by atoms with E-state index in [1.165, 1.54) is 0 Å². The zero-order valence-electron chi connectivity index (χ0n) is 12.5. The Bertz CT molecular complexity index is 228. The van der Waals surface area contributed by atoms with Crippen LogP contribution >= 0.6 is 0 Å². The standard InChI is InChI=1S/C14H26O6/c1-3-17-9-5-11-19-13(15)7-8-14(16)20-12-6-10-18-4-2/h3-12H2,1-2H3. The zero-order chi connectivity index (χ0) is 15.1. The average molecular weight is 290 g/mol. The van der Waals surface area contributed by atoms with E-state index in [1.807, 2.05) is 13.8 Å². The molecule has 0 heterocycles. The molecule has 118 valence electrons. The fraction of sp³-hybridized carbons (Fsp3) is 0.857. The fourth-order valence-electron chi connectivity index (χ4n) is 1.33. The molecule has 0 spiro atoms. The first-order valence-electron chi connectivity index (χ1n) is 7.17. The lowest BCUT2D eigenvalue weighted by Crippen LogP contribution is -2.12. The van der Waals surface area contributed by atoms with Crippen molar-refractivity contribution in [2.75, 3.05) is 39.6 Å². The van der Waals surface area contributed by atoms with E-state index in [9.17, 15) is 9.59 Å². The maximum Gasteiger partial charge on any atom is 0.306 e. The van der Waals surface area contributed by atoms with Gasteiger partial charge in [0.2, 0.25) is 0 Å². The van der Waals surface area contributed by atoms with Gasteiger partial charge < -0.3 is 18.9 Å². The van der Waals surface area contributed by atoms with E-state index in [-0.39, 0.29) is 24.8 Å². The lowest BCUT2D eigenvalue weighted by molar-refractivity contribution is -0.150. The van der Waals surface area contributed by atoms with E-state index in [1.54, 1.807) is 0 Å². The van der Waals surface area contributed by atoms with Gasteiger partial charge in [-0.2, -0.15) is 0 Å². The number of carbonyl (C=O) groups is 2. The first-order chi connectivity index (χ1) is 9.70. The van der Waals surface area contributed by atoms with Gasteiger partial charge in [0, 0.05) is 39.3 Å². The highest BCUT2D eigenvalue weighted by atomic mass is 16.5. The van der Waals surface area contributed by atoms with Crippen LogP contribution < -0.4 is 0 Å². The minimum Gasteiger partial charge on any atom is -0.466 e. The molecule has 0 rings (SSSR count). The molecule has 0 atom stereocenters. The predicted octanol–water partition coefficient (Wildman–Crippen LogP) is 1.71. The van der Waals surface area contributed by atoms with Gasteiger partial charge in [0.25, 0.3) is 0 Å². The molecule has 0 aromatic heterocycles. The second kappa shape index (κ2) is 14.3. The molecule has 0 aliphatic rings. The second-order valence-electron chi connectivity index (χ2n) is 4.04. The third-order valence-corrected chi connectivity index (χ3v) is 2.33. The molecule has 0 aromatic carbocycles. The summed E-state index contributed by atoms with van der Waals surface area (Å²) >= 11 is 0. The van der Waals surface area contributed by atoms with Crippen molar-refractivity contribution in [3.05, 3.63) is 0 Å². The molecule has 0 N–H and O–H groups in total. The molecule has 0 aliphatic heterocycles. The van der Waals surface area contributed by atoms with E-state index < -0.39 is 0 Å². The summed E-state index contributed by atoms with van der Waals surface area (Å²) in [5.74, 6) is -0.763. The quantitative estimate of drug-likeness (QED) is 0.380. The number of rotatable bonds is 13. The first kappa shape index (κ1) is 18.9. The molecule has 0 radical (unpaired) electrons. The van der Waals surface area contributed by atoms with Gasteiger partial charge in [-0.05, 0) is 13.8 Å². The Morgan fingerprint density at radius 1 is 0.700 bits per heavy atom. The van der Waals surface area contributed by atoms with Crippen molar-refractivity contribution in [3.8, 4) is 0 Å². The topological polar surface area (TPSA) is 71.1 Å². The van der Waals surface area contributed by atoms with Gasteiger partial charge in [0.15, 0.2) is 0 Å². The molecule has 0 saturated carbocycles. The summed E-state index contributed by atoms with van der Waals surface area (Å²) < 4.78 is 20.1. The smallest absolute Gasteiger partial charge is 0.306 e. The molecule has 0 bridgehead atoms. The van der Waals surface area contributed by atoms with Gasteiger partial charge in [-0.3, -0.25) is 9.59 Å². The Morgan fingerprint density at radius 3 is 1.45 bits per heavy atom. The van der Waals surface area contributed by atoms with Crippen LogP contribution in [0, 0.1) is 0 Å². The maximum absolute atomic E-state index is 11.3. The van der Waals surface area contributed by atoms with Crippen LogP contribution in [0.3, 0.4) is 0 Å². The highest BCUT2D eigenvalue weighted by Crippen LogP contribution is 1.98. The number of esters is 2. The summed E-state index contributed by atoms with van der Waals surface area (Å²) in [6, 6.07) is 0. The number of hydrogen-bond acceptors (Lipinski definition) is 6. The molecule has 0 fully saturated rings. The van der Waals surface area contributed by atoms with Crippen molar-refractivity contribution >= 4 is 11.9 Å². The third kappa shape index (κ3) is 13.3. The van der Waals surface area contributed by atoms with Gasteiger partial charge in [0.1, 0.15) is 0 Å². The Balaban J connectivity index is 3.37. The van der Waals surface area contributed by atoms with Crippen LogP contribution in [0.25, 0.3) is 0 Å². The summed E-state index contributed by atoms with van der Waals surface area (Å²) in [6.45, 7) is 6.92. The molecular formula is C14H26O6. The normalized spacial score (nSPS) is 10.3. The van der Waals surface area contributed by atoms with Crippen molar-refractivity contribution < 1.29 is 28.5 Å². The van der Waals surface area contributed by atoms with E-state index in [0.717, 1.165) is 0 Å². The Kier molecular flexibility index (Phi) is 13.5. The first-order valence-corrected chi connectivity index (χ1v) is 7.17. The number of hydrogen-bond donors (Lipinski definition) is 0. The number of ether oxygens (including phenoxy) is 4. The van der Waals surface area contributed by atoms with Crippen LogP contribution in [0.4, 0.5) is 0 Å². The van der Waals surface area contributed by atoms with Crippen LogP contribution in [0.2, 0.25) is 0 Å². The number of carbonyl (C=O) groups excluding carboxylic acids is 2. The van der Waals surface area contributed by atoms with Crippen LogP contribution in [0.5, 0.6) is 0 Å². The molecule has 6 heteroatoms. The van der Waals surface area contributed by atoms with Crippen LogP contribution in [-0.4, -0.2) is 51.6 Å². The summed E-state index contributed by atoms with van der Waals surface area (Å²) in [6.07, 6.45) is 1.45. The highest BCUT2D eigenvalue weighted by molar-refractivity contribution is 5.77. The summed E-state index contributed by atoms with van der Waals surface area (Å²) in [7, 11) is 0. The summed E-state index contributed by atoms with van der Waals surface area (Å²) in [4.78, 5) is 22.6. The van der Waals surface area contributed by atoms with Crippen molar-refractivity contribution in [1.82, 2.24) is 0 Å². The van der Waals surface area contributed by atoms with Gasteiger partial charge >= 0.3 is 11.9 Å². The second-order valence-corrected chi connectivity index (χ2v) is 4.04. The molecule has 0 aliphatic carbocycles. The molecule has 0 amide bonds. The Labute approximate surface area is 120 Å². The molecule has 0 unspecified atom stereocenters. The lowest BCUT2D eigenvalue weighted by atomic mass is 10.3. The minimum atomic E-state index is -0.382. The maximum atomic E-state index is 11.3. The molecule has 0 aromatic rings. The molecule has 20 heavy (non-hydrogen) atoms. The molecule has 6 nitrogen and oxygen atoms in total.